The van der Waals surface area contributed by atoms with Crippen molar-refractivity contribution in [3.8, 4) is 0 Å². The maximum absolute atomic E-state index is 5.39. The Morgan fingerprint density at radius 2 is 2.00 bits per heavy atom. The SMILES string of the molecule is COC(C)(C)CCn1nc(C)c(I)c1C. The molecule has 4 heteroatoms. The van der Waals surface area contributed by atoms with Gasteiger partial charge in [0, 0.05) is 19.3 Å². The Hall–Kier alpha value is -0.100. The molecule has 0 aromatic carbocycles. The molecule has 1 aromatic heterocycles. The molecule has 15 heavy (non-hydrogen) atoms. The summed E-state index contributed by atoms with van der Waals surface area (Å²) in [7, 11) is 1.75. The number of nitrogens with zero attached hydrogens (tertiary/aromatic N) is 2. The average Bonchev–Trinajstić information content (AvgIpc) is 2.43. The van der Waals surface area contributed by atoms with E-state index in [1.165, 1.54) is 9.26 Å². The summed E-state index contributed by atoms with van der Waals surface area (Å²) in [4.78, 5) is 0. The molecule has 0 radical (unpaired) electrons. The van der Waals surface area contributed by atoms with E-state index in [4.69, 9.17) is 4.74 Å². The number of aromatic nitrogens is 2. The topological polar surface area (TPSA) is 27.1 Å². The molecular weight excluding hydrogens is 303 g/mol. The Bertz CT molecular complexity index is 345. The van der Waals surface area contributed by atoms with Crippen LogP contribution in [0.1, 0.15) is 31.7 Å². The third-order valence-electron chi connectivity index (χ3n) is 2.77. The highest BCUT2D eigenvalue weighted by atomic mass is 127. The van der Waals surface area contributed by atoms with E-state index in [-0.39, 0.29) is 5.60 Å². The number of aryl methyl sites for hydroxylation is 2. The highest BCUT2D eigenvalue weighted by Crippen LogP contribution is 2.18. The summed E-state index contributed by atoms with van der Waals surface area (Å²) in [5.74, 6) is 0. The van der Waals surface area contributed by atoms with Gasteiger partial charge in [0.25, 0.3) is 0 Å². The van der Waals surface area contributed by atoms with Gasteiger partial charge >= 0.3 is 0 Å². The molecule has 1 heterocycles. The molecule has 3 nitrogen and oxygen atoms in total. The molecule has 0 bridgehead atoms. The fourth-order valence-electron chi connectivity index (χ4n) is 1.37. The van der Waals surface area contributed by atoms with Gasteiger partial charge < -0.3 is 4.74 Å². The third-order valence-corrected chi connectivity index (χ3v) is 4.33. The maximum Gasteiger partial charge on any atom is 0.0729 e. The van der Waals surface area contributed by atoms with Crippen molar-refractivity contribution in [3.05, 3.63) is 15.0 Å². The first-order valence-corrected chi connectivity index (χ1v) is 6.20. The summed E-state index contributed by atoms with van der Waals surface area (Å²) in [6.07, 6.45) is 0.974. The van der Waals surface area contributed by atoms with Crippen molar-refractivity contribution in [3.63, 3.8) is 0 Å². The van der Waals surface area contributed by atoms with E-state index in [0.29, 0.717) is 0 Å². The molecule has 0 aliphatic rings. The van der Waals surface area contributed by atoms with Crippen LogP contribution in [0.2, 0.25) is 0 Å². The molecule has 86 valence electrons. The Balaban J connectivity index is 2.70. The normalized spacial score (nSPS) is 12.1. The minimum atomic E-state index is -0.0717. The number of hydrogen-bond acceptors (Lipinski definition) is 2. The molecule has 0 aliphatic heterocycles. The first kappa shape index (κ1) is 13.0. The number of ether oxygens (including phenoxy) is 1. The first-order chi connectivity index (χ1) is 6.87. The standard InChI is InChI=1S/C11H19IN2O/c1-8-10(12)9(2)14(13-8)7-6-11(3,4)15-5/h6-7H2,1-5H3. The second-order valence-electron chi connectivity index (χ2n) is 4.42. The third kappa shape index (κ3) is 3.17. The predicted molar refractivity (Wildman–Crippen MR) is 70.1 cm³/mol. The molecule has 0 unspecified atom stereocenters. The molecule has 0 atom stereocenters. The summed E-state index contributed by atoms with van der Waals surface area (Å²) in [5.41, 5.74) is 2.29. The van der Waals surface area contributed by atoms with Crippen molar-refractivity contribution < 1.29 is 4.74 Å². The number of rotatable bonds is 4. The lowest BCUT2D eigenvalue weighted by Gasteiger charge is -2.22. The van der Waals surface area contributed by atoms with Crippen LogP contribution < -0.4 is 0 Å². The van der Waals surface area contributed by atoms with E-state index in [9.17, 15) is 0 Å². The van der Waals surface area contributed by atoms with Crippen LogP contribution >= 0.6 is 22.6 Å². The van der Waals surface area contributed by atoms with Gasteiger partial charge in [-0.25, -0.2) is 0 Å². The van der Waals surface area contributed by atoms with E-state index in [2.05, 4.69) is 53.1 Å². The average molecular weight is 322 g/mol. The summed E-state index contributed by atoms with van der Waals surface area (Å²) in [5, 5.41) is 4.50. The summed E-state index contributed by atoms with van der Waals surface area (Å²) < 4.78 is 8.73. The van der Waals surface area contributed by atoms with Gasteiger partial charge in [0.2, 0.25) is 0 Å². The van der Waals surface area contributed by atoms with Crippen LogP contribution in [0.25, 0.3) is 0 Å². The largest absolute Gasteiger partial charge is 0.379 e. The number of halogens is 1. The molecule has 0 amide bonds. The van der Waals surface area contributed by atoms with Gasteiger partial charge in [-0.3, -0.25) is 4.68 Å². The van der Waals surface area contributed by atoms with E-state index in [1.54, 1.807) is 7.11 Å². The van der Waals surface area contributed by atoms with Crippen molar-refractivity contribution in [2.75, 3.05) is 7.11 Å². The number of hydrogen-bond donors (Lipinski definition) is 0. The van der Waals surface area contributed by atoms with E-state index in [1.807, 2.05) is 6.92 Å². The summed E-state index contributed by atoms with van der Waals surface area (Å²) >= 11 is 2.35. The fraction of sp³-hybridized carbons (Fsp3) is 0.727. The van der Waals surface area contributed by atoms with Crippen LogP contribution in [0, 0.1) is 17.4 Å². The molecule has 0 spiro atoms. The Labute approximate surface area is 105 Å². The Kier molecular flexibility index (Phi) is 4.17. The summed E-state index contributed by atoms with van der Waals surface area (Å²) in [6.45, 7) is 9.28. The zero-order valence-electron chi connectivity index (χ0n) is 10.1. The highest BCUT2D eigenvalue weighted by Gasteiger charge is 2.17. The monoisotopic (exact) mass is 322 g/mol. The lowest BCUT2D eigenvalue weighted by Crippen LogP contribution is -2.25. The summed E-state index contributed by atoms with van der Waals surface area (Å²) in [6, 6.07) is 0. The second-order valence-corrected chi connectivity index (χ2v) is 5.50. The van der Waals surface area contributed by atoms with Crippen LogP contribution in [-0.2, 0) is 11.3 Å². The van der Waals surface area contributed by atoms with Crippen molar-refractivity contribution in [2.45, 2.75) is 46.3 Å². The molecule has 1 rings (SSSR count). The van der Waals surface area contributed by atoms with Crippen LogP contribution in [-0.4, -0.2) is 22.5 Å². The van der Waals surface area contributed by atoms with E-state index < -0.39 is 0 Å². The maximum atomic E-state index is 5.39. The molecule has 1 aromatic rings. The van der Waals surface area contributed by atoms with E-state index in [0.717, 1.165) is 18.7 Å². The lowest BCUT2D eigenvalue weighted by atomic mass is 10.1. The van der Waals surface area contributed by atoms with Crippen LogP contribution in [0.3, 0.4) is 0 Å². The molecular formula is C11H19IN2O. The molecule has 0 fully saturated rings. The predicted octanol–water partition coefficient (Wildman–Crippen LogP) is 2.92. The smallest absolute Gasteiger partial charge is 0.0729 e. The van der Waals surface area contributed by atoms with Crippen molar-refractivity contribution in [1.29, 1.82) is 0 Å². The second kappa shape index (κ2) is 4.82. The molecule has 0 saturated heterocycles. The van der Waals surface area contributed by atoms with Gasteiger partial charge in [0.05, 0.1) is 14.9 Å². The van der Waals surface area contributed by atoms with E-state index >= 15 is 0 Å². The molecule has 0 aliphatic carbocycles. The molecule has 0 N–H and O–H groups in total. The zero-order valence-corrected chi connectivity index (χ0v) is 12.3. The lowest BCUT2D eigenvalue weighted by molar-refractivity contribution is 0.0112. The van der Waals surface area contributed by atoms with Crippen molar-refractivity contribution in [1.82, 2.24) is 9.78 Å². The first-order valence-electron chi connectivity index (χ1n) is 5.12. The van der Waals surface area contributed by atoms with Crippen LogP contribution in [0.5, 0.6) is 0 Å². The van der Waals surface area contributed by atoms with Gasteiger partial charge in [-0.1, -0.05) is 0 Å². The minimum Gasteiger partial charge on any atom is -0.379 e. The molecule has 0 saturated carbocycles. The van der Waals surface area contributed by atoms with Crippen LogP contribution in [0.15, 0.2) is 0 Å². The highest BCUT2D eigenvalue weighted by molar-refractivity contribution is 14.1. The minimum absolute atomic E-state index is 0.0717. The van der Waals surface area contributed by atoms with Gasteiger partial charge in [0.15, 0.2) is 0 Å². The fourth-order valence-corrected chi connectivity index (χ4v) is 1.76. The number of methoxy groups -OCH3 is 1. The van der Waals surface area contributed by atoms with Crippen LogP contribution in [0.4, 0.5) is 0 Å². The van der Waals surface area contributed by atoms with Crippen molar-refractivity contribution >= 4 is 22.6 Å². The van der Waals surface area contributed by atoms with Gasteiger partial charge in [-0.15, -0.1) is 0 Å². The quantitative estimate of drug-likeness (QED) is 0.797. The Morgan fingerprint density at radius 3 is 2.40 bits per heavy atom. The van der Waals surface area contributed by atoms with Gasteiger partial charge in [0.1, 0.15) is 0 Å². The van der Waals surface area contributed by atoms with Gasteiger partial charge in [-0.05, 0) is 56.7 Å². The Morgan fingerprint density at radius 1 is 1.40 bits per heavy atom. The van der Waals surface area contributed by atoms with Crippen molar-refractivity contribution in [2.24, 2.45) is 0 Å². The van der Waals surface area contributed by atoms with Gasteiger partial charge in [-0.2, -0.15) is 5.10 Å². The zero-order chi connectivity index (χ0) is 11.6.